The number of imidazole rings is 1. The summed E-state index contributed by atoms with van der Waals surface area (Å²) in [5.74, 6) is 0.700. The molecule has 0 saturated heterocycles. The molecule has 0 fully saturated rings. The highest BCUT2D eigenvalue weighted by Crippen LogP contribution is 2.40. The van der Waals surface area contributed by atoms with Crippen molar-refractivity contribution in [3.05, 3.63) is 81.9 Å². The van der Waals surface area contributed by atoms with Crippen molar-refractivity contribution in [3.63, 3.8) is 0 Å². The van der Waals surface area contributed by atoms with Gasteiger partial charge in [-0.2, -0.15) is 0 Å². The summed E-state index contributed by atoms with van der Waals surface area (Å²) in [4.78, 5) is 33.3. The molecule has 2 amide bonds. The highest BCUT2D eigenvalue weighted by Gasteiger charge is 2.37. The Morgan fingerprint density at radius 1 is 1.29 bits per heavy atom. The lowest BCUT2D eigenvalue weighted by Gasteiger charge is -2.24. The molecule has 2 aromatic carbocycles. The second kappa shape index (κ2) is 7.15. The largest absolute Gasteiger partial charge is 0.344 e. The Hall–Kier alpha value is -3.68. The zero-order valence-corrected chi connectivity index (χ0v) is 15.3. The fourth-order valence-electron chi connectivity index (χ4n) is 3.50. The smallest absolute Gasteiger partial charge is 0.327 e. The first-order chi connectivity index (χ1) is 13.6. The predicted octanol–water partition coefficient (Wildman–Crippen LogP) is 4.22. The first-order valence-electron chi connectivity index (χ1n) is 9.03. The lowest BCUT2D eigenvalue weighted by molar-refractivity contribution is -0.383. The van der Waals surface area contributed by atoms with Crippen LogP contribution in [0.25, 0.3) is 0 Å². The number of urea groups is 1. The number of fused-ring (bicyclic) bond motifs is 1. The minimum atomic E-state index is -0.509. The summed E-state index contributed by atoms with van der Waals surface area (Å²) in [6.07, 6.45) is 3.21. The van der Waals surface area contributed by atoms with Gasteiger partial charge in [0.05, 0.1) is 4.92 Å². The molecule has 142 valence electrons. The number of H-pyrrole nitrogens is 1. The molecule has 28 heavy (non-hydrogen) atoms. The van der Waals surface area contributed by atoms with Crippen LogP contribution in [0.3, 0.4) is 0 Å². The minimum absolute atomic E-state index is 0.147. The topological polar surface area (TPSA) is 104 Å². The van der Waals surface area contributed by atoms with Gasteiger partial charge in [-0.15, -0.1) is 0 Å². The zero-order chi connectivity index (χ0) is 19.7. The maximum absolute atomic E-state index is 13.2. The lowest BCUT2D eigenvalue weighted by atomic mass is 10.1. The average molecular weight is 377 g/mol. The first-order valence-corrected chi connectivity index (χ1v) is 9.03. The first kappa shape index (κ1) is 17.7. The van der Waals surface area contributed by atoms with E-state index in [4.69, 9.17) is 0 Å². The van der Waals surface area contributed by atoms with Crippen molar-refractivity contribution >= 4 is 23.1 Å². The quantitative estimate of drug-likeness (QED) is 0.525. The van der Waals surface area contributed by atoms with Crippen LogP contribution in [0.5, 0.6) is 0 Å². The van der Waals surface area contributed by atoms with E-state index in [0.717, 1.165) is 23.4 Å². The van der Waals surface area contributed by atoms with E-state index in [0.29, 0.717) is 12.2 Å². The van der Waals surface area contributed by atoms with E-state index >= 15 is 0 Å². The Balaban J connectivity index is 1.70. The molecule has 2 heterocycles. The molecule has 8 heteroatoms. The van der Waals surface area contributed by atoms with Crippen LogP contribution in [-0.4, -0.2) is 20.9 Å². The van der Waals surface area contributed by atoms with Gasteiger partial charge < -0.3 is 10.3 Å². The van der Waals surface area contributed by atoms with E-state index in [9.17, 15) is 14.9 Å². The van der Waals surface area contributed by atoms with Crippen molar-refractivity contribution in [2.75, 3.05) is 10.2 Å². The third-order valence-electron chi connectivity index (χ3n) is 4.88. The van der Waals surface area contributed by atoms with Gasteiger partial charge in [-0.05, 0) is 24.1 Å². The number of aromatic nitrogens is 2. The Morgan fingerprint density at radius 2 is 2.04 bits per heavy atom. The number of nitro benzene ring substituents is 1. The Morgan fingerprint density at radius 3 is 2.79 bits per heavy atom. The van der Waals surface area contributed by atoms with Crippen molar-refractivity contribution in [1.82, 2.24) is 9.97 Å². The van der Waals surface area contributed by atoms with Crippen LogP contribution in [0.2, 0.25) is 0 Å². The molecule has 2 N–H and O–H groups in total. The van der Waals surface area contributed by atoms with E-state index in [1.54, 1.807) is 23.2 Å². The van der Waals surface area contributed by atoms with Crippen molar-refractivity contribution < 1.29 is 9.72 Å². The van der Waals surface area contributed by atoms with Crippen LogP contribution < -0.4 is 10.2 Å². The minimum Gasteiger partial charge on any atom is -0.344 e. The highest BCUT2D eigenvalue weighted by atomic mass is 16.6. The number of carbonyl (C=O) groups is 1. The molecule has 1 atom stereocenters. The molecule has 0 aliphatic carbocycles. The number of hydrogen-bond donors (Lipinski definition) is 2. The molecule has 0 spiro atoms. The van der Waals surface area contributed by atoms with Gasteiger partial charge in [-0.1, -0.05) is 37.3 Å². The molecular weight excluding hydrogens is 358 g/mol. The maximum Gasteiger partial charge on any atom is 0.327 e. The number of amides is 2. The number of nitrogens with zero attached hydrogens (tertiary/aromatic N) is 3. The number of para-hydroxylation sites is 3. The van der Waals surface area contributed by atoms with E-state index < -0.39 is 11.0 Å². The van der Waals surface area contributed by atoms with Gasteiger partial charge in [0.1, 0.15) is 17.6 Å². The van der Waals surface area contributed by atoms with Gasteiger partial charge in [-0.25, -0.2) is 9.78 Å². The summed E-state index contributed by atoms with van der Waals surface area (Å²) in [5, 5.41) is 14.0. The highest BCUT2D eigenvalue weighted by molar-refractivity contribution is 6.04. The van der Waals surface area contributed by atoms with Crippen LogP contribution in [-0.2, 0) is 12.8 Å². The average Bonchev–Trinajstić information content (AvgIpc) is 3.32. The fourth-order valence-corrected chi connectivity index (χ4v) is 3.50. The van der Waals surface area contributed by atoms with Gasteiger partial charge in [0.15, 0.2) is 0 Å². The number of rotatable bonds is 4. The van der Waals surface area contributed by atoms with Crippen LogP contribution >= 0.6 is 0 Å². The Kier molecular flexibility index (Phi) is 4.52. The molecule has 3 aromatic rings. The second-order valence-electron chi connectivity index (χ2n) is 6.57. The third kappa shape index (κ3) is 3.09. The third-order valence-corrected chi connectivity index (χ3v) is 4.88. The molecule has 0 bridgehead atoms. The van der Waals surface area contributed by atoms with Crippen molar-refractivity contribution in [1.29, 1.82) is 0 Å². The number of anilines is 2. The SMILES string of the molecule is CCc1cnc(C2Cc3ccccc3N2C(=O)Nc2ccccc2[N+](=O)[O-])[nH]1. The molecule has 0 radical (unpaired) electrons. The number of hydrogen-bond acceptors (Lipinski definition) is 4. The number of nitrogens with one attached hydrogen (secondary N) is 2. The Labute approximate surface area is 161 Å². The molecule has 0 saturated carbocycles. The number of carbonyl (C=O) groups excluding carboxylic acids is 1. The van der Waals surface area contributed by atoms with Crippen molar-refractivity contribution in [3.8, 4) is 0 Å². The van der Waals surface area contributed by atoms with Crippen LogP contribution in [0.1, 0.15) is 30.0 Å². The zero-order valence-electron chi connectivity index (χ0n) is 15.3. The van der Waals surface area contributed by atoms with Crippen LogP contribution in [0.4, 0.5) is 21.9 Å². The van der Waals surface area contributed by atoms with Gasteiger partial charge in [0.25, 0.3) is 5.69 Å². The van der Waals surface area contributed by atoms with Gasteiger partial charge in [0.2, 0.25) is 0 Å². The van der Waals surface area contributed by atoms with E-state index in [2.05, 4.69) is 15.3 Å². The second-order valence-corrected chi connectivity index (χ2v) is 6.57. The van der Waals surface area contributed by atoms with E-state index in [1.807, 2.05) is 31.2 Å². The molecule has 1 aromatic heterocycles. The summed E-state index contributed by atoms with van der Waals surface area (Å²) in [5.41, 5.74) is 2.81. The summed E-state index contributed by atoms with van der Waals surface area (Å²) < 4.78 is 0. The van der Waals surface area contributed by atoms with Gasteiger partial charge in [-0.3, -0.25) is 15.0 Å². The van der Waals surface area contributed by atoms with E-state index in [-0.39, 0.29) is 17.4 Å². The monoisotopic (exact) mass is 377 g/mol. The predicted molar refractivity (Wildman–Crippen MR) is 105 cm³/mol. The molecular formula is C20H19N5O3. The van der Waals surface area contributed by atoms with Gasteiger partial charge >= 0.3 is 6.03 Å². The standard InChI is InChI=1S/C20H19N5O3/c1-2-14-12-21-19(22-14)18-11-13-7-3-5-9-16(13)24(18)20(26)23-15-8-4-6-10-17(15)25(27)28/h3-10,12,18H,2,11H2,1H3,(H,21,22)(H,23,26). The molecule has 1 aliphatic rings. The number of benzene rings is 2. The fraction of sp³-hybridized carbons (Fsp3) is 0.200. The number of nitro groups is 1. The van der Waals surface area contributed by atoms with Crippen LogP contribution in [0.15, 0.2) is 54.7 Å². The van der Waals surface area contributed by atoms with Gasteiger partial charge in [0, 0.05) is 30.1 Å². The molecule has 8 nitrogen and oxygen atoms in total. The molecule has 1 unspecified atom stereocenters. The normalized spacial score (nSPS) is 15.3. The maximum atomic E-state index is 13.2. The molecule has 1 aliphatic heterocycles. The number of aromatic amines is 1. The summed E-state index contributed by atoms with van der Waals surface area (Å²) in [6.45, 7) is 2.03. The van der Waals surface area contributed by atoms with Crippen molar-refractivity contribution in [2.45, 2.75) is 25.8 Å². The Bertz CT molecular complexity index is 1050. The van der Waals surface area contributed by atoms with E-state index in [1.165, 1.54) is 12.1 Å². The van der Waals surface area contributed by atoms with Crippen LogP contribution in [0, 0.1) is 10.1 Å². The molecule has 4 rings (SSSR count). The number of aryl methyl sites for hydroxylation is 1. The summed E-state index contributed by atoms with van der Waals surface area (Å²) in [7, 11) is 0. The lowest BCUT2D eigenvalue weighted by Crippen LogP contribution is -2.36. The summed E-state index contributed by atoms with van der Waals surface area (Å²) in [6, 6.07) is 13.0. The van der Waals surface area contributed by atoms with Crippen molar-refractivity contribution in [2.24, 2.45) is 0 Å². The summed E-state index contributed by atoms with van der Waals surface area (Å²) >= 11 is 0.